The van der Waals surface area contributed by atoms with Crippen LogP contribution in [0.15, 0.2) is 18.2 Å². The van der Waals surface area contributed by atoms with E-state index in [2.05, 4.69) is 23.5 Å². The molecule has 1 N–H and O–H groups in total. The molecule has 1 unspecified atom stereocenters. The summed E-state index contributed by atoms with van der Waals surface area (Å²) in [5, 5.41) is 2.86. The van der Waals surface area contributed by atoms with Gasteiger partial charge >= 0.3 is 6.09 Å². The number of carbonyl (C=O) groups is 1. The van der Waals surface area contributed by atoms with Crippen LogP contribution in [0.3, 0.4) is 0 Å². The van der Waals surface area contributed by atoms with Gasteiger partial charge in [-0.2, -0.15) is 0 Å². The van der Waals surface area contributed by atoms with Crippen molar-refractivity contribution in [3.8, 4) is 0 Å². The van der Waals surface area contributed by atoms with E-state index >= 15 is 0 Å². The third kappa shape index (κ3) is 4.40. The number of alkyl carbamates (subject to hydrolysis) is 1. The Morgan fingerprint density at radius 1 is 1.28 bits per heavy atom. The normalized spacial score (nSPS) is 13.0. The molecule has 1 atom stereocenters. The minimum absolute atomic E-state index is 0.0558. The summed E-state index contributed by atoms with van der Waals surface area (Å²) >= 11 is 0. The van der Waals surface area contributed by atoms with Crippen LogP contribution in [0.1, 0.15) is 50.4 Å². The molecule has 0 aliphatic carbocycles. The fourth-order valence-electron chi connectivity index (χ4n) is 1.79. The molecule has 1 aromatic rings. The Morgan fingerprint density at radius 3 is 2.44 bits per heavy atom. The number of hydrogen-bond donors (Lipinski definition) is 1. The molecule has 1 aromatic carbocycles. The predicted molar refractivity (Wildman–Crippen MR) is 73.7 cm³/mol. The van der Waals surface area contributed by atoms with E-state index in [9.17, 15) is 4.79 Å². The topological polar surface area (TPSA) is 38.3 Å². The van der Waals surface area contributed by atoms with Crippen molar-refractivity contribution in [2.24, 2.45) is 0 Å². The highest BCUT2D eigenvalue weighted by atomic mass is 16.6. The number of carbonyl (C=O) groups excluding carboxylic acids is 1. The molecule has 0 saturated heterocycles. The van der Waals surface area contributed by atoms with E-state index < -0.39 is 5.60 Å². The summed E-state index contributed by atoms with van der Waals surface area (Å²) in [5.74, 6) is 0. The fraction of sp³-hybridized carbons (Fsp3) is 0.533. The van der Waals surface area contributed by atoms with Crippen LogP contribution in [0.25, 0.3) is 0 Å². The molecule has 3 heteroatoms. The third-order valence-corrected chi connectivity index (χ3v) is 2.63. The van der Waals surface area contributed by atoms with Crippen LogP contribution >= 0.6 is 0 Å². The molecule has 0 radical (unpaired) electrons. The number of rotatable bonds is 2. The van der Waals surface area contributed by atoms with E-state index in [0.29, 0.717) is 0 Å². The van der Waals surface area contributed by atoms with Crippen LogP contribution in [-0.2, 0) is 4.74 Å². The lowest BCUT2D eigenvalue weighted by Gasteiger charge is -2.23. The van der Waals surface area contributed by atoms with Gasteiger partial charge in [0, 0.05) is 0 Å². The van der Waals surface area contributed by atoms with Gasteiger partial charge < -0.3 is 10.1 Å². The number of aryl methyl sites for hydroxylation is 2. The maximum absolute atomic E-state index is 11.7. The molecule has 0 spiro atoms. The summed E-state index contributed by atoms with van der Waals surface area (Å²) in [4.78, 5) is 11.7. The minimum atomic E-state index is -0.467. The number of hydrogen-bond acceptors (Lipinski definition) is 2. The second kappa shape index (κ2) is 5.42. The number of benzene rings is 1. The molecular formula is C15H23NO2. The summed E-state index contributed by atoms with van der Waals surface area (Å²) in [6.07, 6.45) is -0.379. The second-order valence-corrected chi connectivity index (χ2v) is 5.73. The maximum atomic E-state index is 11.7. The number of nitrogens with one attached hydrogen (secondary N) is 1. The fourth-order valence-corrected chi connectivity index (χ4v) is 1.79. The monoisotopic (exact) mass is 249 g/mol. The highest BCUT2D eigenvalue weighted by Crippen LogP contribution is 2.19. The van der Waals surface area contributed by atoms with Gasteiger partial charge in [-0.3, -0.25) is 0 Å². The van der Waals surface area contributed by atoms with Crippen LogP contribution in [0.5, 0.6) is 0 Å². The number of amides is 1. The van der Waals surface area contributed by atoms with Crippen LogP contribution < -0.4 is 5.32 Å². The molecular weight excluding hydrogens is 226 g/mol. The molecule has 1 rings (SSSR count). The summed E-state index contributed by atoms with van der Waals surface area (Å²) in [5.41, 5.74) is 3.02. The zero-order valence-corrected chi connectivity index (χ0v) is 12.1. The molecule has 0 aliphatic rings. The van der Waals surface area contributed by atoms with Gasteiger partial charge in [0.2, 0.25) is 0 Å². The summed E-state index contributed by atoms with van der Waals surface area (Å²) in [7, 11) is 0. The van der Waals surface area contributed by atoms with Crippen LogP contribution in [0.4, 0.5) is 4.79 Å². The van der Waals surface area contributed by atoms with Gasteiger partial charge in [0.25, 0.3) is 0 Å². The molecule has 0 heterocycles. The van der Waals surface area contributed by atoms with Crippen molar-refractivity contribution in [3.63, 3.8) is 0 Å². The summed E-state index contributed by atoms with van der Waals surface area (Å²) in [6, 6.07) is 6.17. The van der Waals surface area contributed by atoms with Gasteiger partial charge in [0.15, 0.2) is 0 Å². The third-order valence-electron chi connectivity index (χ3n) is 2.63. The smallest absolute Gasteiger partial charge is 0.408 e. The first kappa shape index (κ1) is 14.6. The molecule has 0 fully saturated rings. The van der Waals surface area contributed by atoms with E-state index in [1.54, 1.807) is 0 Å². The molecule has 1 amide bonds. The van der Waals surface area contributed by atoms with Crippen molar-refractivity contribution in [2.45, 2.75) is 53.2 Å². The van der Waals surface area contributed by atoms with Crippen molar-refractivity contribution >= 4 is 6.09 Å². The Labute approximate surface area is 110 Å². The lowest BCUT2D eigenvalue weighted by Crippen LogP contribution is -2.34. The quantitative estimate of drug-likeness (QED) is 0.863. The van der Waals surface area contributed by atoms with Gasteiger partial charge in [-0.1, -0.05) is 23.8 Å². The lowest BCUT2D eigenvalue weighted by atomic mass is 10.0. The maximum Gasteiger partial charge on any atom is 0.408 e. The Kier molecular flexibility index (Phi) is 4.38. The van der Waals surface area contributed by atoms with Gasteiger partial charge in [-0.15, -0.1) is 0 Å². The largest absolute Gasteiger partial charge is 0.444 e. The first-order chi connectivity index (χ1) is 8.19. The lowest BCUT2D eigenvalue weighted by molar-refractivity contribution is 0.0508. The molecule has 100 valence electrons. The van der Waals surface area contributed by atoms with Crippen molar-refractivity contribution in [1.82, 2.24) is 5.32 Å². The Balaban J connectivity index is 2.73. The van der Waals surface area contributed by atoms with Crippen LogP contribution in [0, 0.1) is 13.8 Å². The second-order valence-electron chi connectivity index (χ2n) is 5.73. The Bertz CT molecular complexity index is 433. The molecule has 3 nitrogen and oxygen atoms in total. The molecule has 0 aromatic heterocycles. The first-order valence-electron chi connectivity index (χ1n) is 6.26. The van der Waals surface area contributed by atoms with Crippen molar-refractivity contribution in [3.05, 3.63) is 34.9 Å². The Hall–Kier alpha value is -1.51. The van der Waals surface area contributed by atoms with Crippen LogP contribution in [-0.4, -0.2) is 11.7 Å². The van der Waals surface area contributed by atoms with Crippen molar-refractivity contribution in [2.75, 3.05) is 0 Å². The van der Waals surface area contributed by atoms with E-state index in [-0.39, 0.29) is 12.1 Å². The van der Waals surface area contributed by atoms with E-state index in [4.69, 9.17) is 4.74 Å². The van der Waals surface area contributed by atoms with Gasteiger partial charge in [0.05, 0.1) is 6.04 Å². The van der Waals surface area contributed by atoms with E-state index in [0.717, 1.165) is 5.56 Å². The average Bonchev–Trinajstić information content (AvgIpc) is 2.18. The molecule has 0 saturated carbocycles. The summed E-state index contributed by atoms with van der Waals surface area (Å²) in [6.45, 7) is 11.6. The van der Waals surface area contributed by atoms with E-state index in [1.165, 1.54) is 11.1 Å². The molecule has 0 bridgehead atoms. The molecule has 0 aliphatic heterocycles. The zero-order chi connectivity index (χ0) is 13.9. The van der Waals surface area contributed by atoms with Crippen molar-refractivity contribution < 1.29 is 9.53 Å². The van der Waals surface area contributed by atoms with Crippen molar-refractivity contribution in [1.29, 1.82) is 0 Å². The predicted octanol–water partition coefficient (Wildman–Crippen LogP) is 3.89. The Morgan fingerprint density at radius 2 is 1.89 bits per heavy atom. The number of ether oxygens (including phenoxy) is 1. The highest BCUT2D eigenvalue weighted by molar-refractivity contribution is 5.68. The summed E-state index contributed by atoms with van der Waals surface area (Å²) < 4.78 is 5.25. The highest BCUT2D eigenvalue weighted by Gasteiger charge is 2.18. The first-order valence-corrected chi connectivity index (χ1v) is 6.26. The van der Waals surface area contributed by atoms with Gasteiger partial charge in [0.1, 0.15) is 5.60 Å². The van der Waals surface area contributed by atoms with E-state index in [1.807, 2.05) is 41.5 Å². The van der Waals surface area contributed by atoms with Gasteiger partial charge in [-0.05, 0) is 52.7 Å². The standard InChI is InChI=1S/C15H23NO2/c1-10-7-8-11(2)13(9-10)12(3)16-14(17)18-15(4,5)6/h7-9,12H,1-6H3,(H,16,17). The minimum Gasteiger partial charge on any atom is -0.444 e. The van der Waals surface area contributed by atoms with Gasteiger partial charge in [-0.25, -0.2) is 4.79 Å². The average molecular weight is 249 g/mol. The zero-order valence-electron chi connectivity index (χ0n) is 12.1. The molecule has 18 heavy (non-hydrogen) atoms. The SMILES string of the molecule is Cc1ccc(C)c(C(C)NC(=O)OC(C)(C)C)c1. The van der Waals surface area contributed by atoms with Crippen LogP contribution in [0.2, 0.25) is 0 Å².